The molecule has 1 N–H and O–H groups in total. The Labute approximate surface area is 148 Å². The van der Waals surface area contributed by atoms with Crippen LogP contribution in [0.5, 0.6) is 17.2 Å². The molecule has 0 spiro atoms. The first-order valence-electron chi connectivity index (χ1n) is 7.84. The van der Waals surface area contributed by atoms with Crippen molar-refractivity contribution in [3.63, 3.8) is 0 Å². The van der Waals surface area contributed by atoms with E-state index in [1.165, 1.54) is 6.33 Å². The number of nitrogens with zero attached hydrogens (tertiary/aromatic N) is 4. The lowest BCUT2D eigenvalue weighted by molar-refractivity contribution is -0.118. The van der Waals surface area contributed by atoms with Crippen LogP contribution in [0, 0.1) is 6.92 Å². The summed E-state index contributed by atoms with van der Waals surface area (Å²) in [7, 11) is 0. The smallest absolute Gasteiger partial charge is 0.263 e. The number of aryl methyl sites for hydroxylation is 1. The maximum atomic E-state index is 12.1. The van der Waals surface area contributed by atoms with E-state index in [1.54, 1.807) is 41.2 Å². The summed E-state index contributed by atoms with van der Waals surface area (Å²) in [5.41, 5.74) is 0. The number of aromatic nitrogens is 4. The fraction of sp³-hybridized carbons (Fsp3) is 0.176. The minimum Gasteiger partial charge on any atom is -0.484 e. The van der Waals surface area contributed by atoms with Crippen LogP contribution >= 0.6 is 0 Å². The SMILES string of the molecule is Cc1nccn1-c1cc(NC(=O)COc2ccc3c(c2)OCO3)ncn1. The van der Waals surface area contributed by atoms with Gasteiger partial charge in [0.25, 0.3) is 5.91 Å². The number of hydrogen-bond acceptors (Lipinski definition) is 7. The second kappa shape index (κ2) is 6.71. The average molecular weight is 353 g/mol. The van der Waals surface area contributed by atoms with Gasteiger partial charge < -0.3 is 19.5 Å². The lowest BCUT2D eigenvalue weighted by Crippen LogP contribution is -2.21. The number of anilines is 1. The molecule has 9 nitrogen and oxygen atoms in total. The molecular weight excluding hydrogens is 338 g/mol. The number of hydrogen-bond donors (Lipinski definition) is 1. The molecule has 1 aliphatic heterocycles. The van der Waals surface area contributed by atoms with Crippen molar-refractivity contribution >= 4 is 11.7 Å². The van der Waals surface area contributed by atoms with Crippen molar-refractivity contribution in [1.29, 1.82) is 0 Å². The third-order valence-corrected chi connectivity index (χ3v) is 3.71. The molecule has 3 heterocycles. The summed E-state index contributed by atoms with van der Waals surface area (Å²) >= 11 is 0. The quantitative estimate of drug-likeness (QED) is 0.745. The summed E-state index contributed by atoms with van der Waals surface area (Å²) in [6, 6.07) is 6.79. The van der Waals surface area contributed by atoms with Crippen LogP contribution in [-0.2, 0) is 4.79 Å². The minimum atomic E-state index is -0.338. The van der Waals surface area contributed by atoms with E-state index in [0.717, 1.165) is 5.82 Å². The number of carbonyl (C=O) groups is 1. The highest BCUT2D eigenvalue weighted by Gasteiger charge is 2.14. The number of fused-ring (bicyclic) bond motifs is 1. The van der Waals surface area contributed by atoms with Crippen molar-refractivity contribution in [3.8, 4) is 23.1 Å². The molecule has 0 aliphatic carbocycles. The first-order chi connectivity index (χ1) is 12.7. The average Bonchev–Trinajstić information content (AvgIpc) is 3.28. The van der Waals surface area contributed by atoms with Crippen LogP contribution in [0.1, 0.15) is 5.82 Å². The third kappa shape index (κ3) is 3.27. The molecule has 1 aromatic carbocycles. The van der Waals surface area contributed by atoms with Gasteiger partial charge in [-0.05, 0) is 19.1 Å². The Bertz CT molecular complexity index is 956. The zero-order valence-electron chi connectivity index (χ0n) is 13.9. The van der Waals surface area contributed by atoms with Crippen LogP contribution in [0.15, 0.2) is 43.0 Å². The van der Waals surface area contributed by atoms with Crippen LogP contribution in [0.25, 0.3) is 5.82 Å². The van der Waals surface area contributed by atoms with Gasteiger partial charge in [-0.15, -0.1) is 0 Å². The first-order valence-corrected chi connectivity index (χ1v) is 7.84. The molecule has 3 aromatic rings. The van der Waals surface area contributed by atoms with Gasteiger partial charge in [0.2, 0.25) is 6.79 Å². The van der Waals surface area contributed by atoms with E-state index in [-0.39, 0.29) is 19.3 Å². The summed E-state index contributed by atoms with van der Waals surface area (Å²) in [4.78, 5) is 24.5. The van der Waals surface area contributed by atoms with Gasteiger partial charge in [0.05, 0.1) is 0 Å². The summed E-state index contributed by atoms with van der Waals surface area (Å²) in [6.07, 6.45) is 4.84. The normalized spacial score (nSPS) is 12.0. The van der Waals surface area contributed by atoms with E-state index in [1.807, 2.05) is 6.92 Å². The molecule has 0 radical (unpaired) electrons. The van der Waals surface area contributed by atoms with Gasteiger partial charge in [0.1, 0.15) is 29.5 Å². The fourth-order valence-electron chi connectivity index (χ4n) is 2.46. The standard InChI is InChI=1S/C17H15N5O4/c1-11-18-4-5-22(11)16-7-15(19-9-20-16)21-17(23)8-24-12-2-3-13-14(6-12)26-10-25-13/h2-7,9H,8,10H2,1H3,(H,19,20,21,23). The number of benzene rings is 1. The molecule has 132 valence electrons. The topological polar surface area (TPSA) is 100 Å². The van der Waals surface area contributed by atoms with Gasteiger partial charge in [0, 0.05) is 24.5 Å². The van der Waals surface area contributed by atoms with Gasteiger partial charge in [-0.25, -0.2) is 15.0 Å². The van der Waals surface area contributed by atoms with Gasteiger partial charge in [-0.2, -0.15) is 0 Å². The van der Waals surface area contributed by atoms with Crippen molar-refractivity contribution in [2.75, 3.05) is 18.7 Å². The Balaban J connectivity index is 1.38. The predicted octanol–water partition coefficient (Wildman–Crippen LogP) is 1.72. The monoisotopic (exact) mass is 353 g/mol. The number of carbonyl (C=O) groups excluding carboxylic acids is 1. The molecule has 9 heteroatoms. The Morgan fingerprint density at radius 2 is 2.12 bits per heavy atom. The second-order valence-corrected chi connectivity index (χ2v) is 5.46. The number of rotatable bonds is 5. The molecule has 2 aromatic heterocycles. The van der Waals surface area contributed by atoms with E-state index < -0.39 is 0 Å². The van der Waals surface area contributed by atoms with Crippen molar-refractivity contribution in [3.05, 3.63) is 48.8 Å². The van der Waals surface area contributed by atoms with E-state index >= 15 is 0 Å². The molecule has 0 bridgehead atoms. The Hall–Kier alpha value is -3.62. The van der Waals surface area contributed by atoms with Crippen LogP contribution in [0.3, 0.4) is 0 Å². The van der Waals surface area contributed by atoms with Crippen LogP contribution < -0.4 is 19.5 Å². The lowest BCUT2D eigenvalue weighted by Gasteiger charge is -2.09. The Morgan fingerprint density at radius 3 is 2.96 bits per heavy atom. The predicted molar refractivity (Wildman–Crippen MR) is 90.6 cm³/mol. The zero-order valence-corrected chi connectivity index (χ0v) is 13.9. The molecule has 1 amide bonds. The number of imidazole rings is 1. The number of ether oxygens (including phenoxy) is 3. The lowest BCUT2D eigenvalue weighted by atomic mass is 10.3. The van der Waals surface area contributed by atoms with Crippen molar-refractivity contribution in [2.24, 2.45) is 0 Å². The minimum absolute atomic E-state index is 0.164. The summed E-state index contributed by atoms with van der Waals surface area (Å²) in [5.74, 6) is 3.21. The highest BCUT2D eigenvalue weighted by molar-refractivity contribution is 5.91. The molecular formula is C17H15N5O4. The fourth-order valence-corrected chi connectivity index (χ4v) is 2.46. The zero-order chi connectivity index (χ0) is 17.9. The van der Waals surface area contributed by atoms with E-state index in [0.29, 0.717) is 28.9 Å². The maximum absolute atomic E-state index is 12.1. The molecule has 0 unspecified atom stereocenters. The highest BCUT2D eigenvalue weighted by Crippen LogP contribution is 2.35. The first kappa shape index (κ1) is 15.9. The van der Waals surface area contributed by atoms with Crippen molar-refractivity contribution in [2.45, 2.75) is 6.92 Å². The number of nitrogens with one attached hydrogen (secondary N) is 1. The molecule has 1 aliphatic rings. The third-order valence-electron chi connectivity index (χ3n) is 3.71. The molecule has 0 fully saturated rings. The molecule has 4 rings (SSSR count). The van der Waals surface area contributed by atoms with Crippen molar-refractivity contribution < 1.29 is 19.0 Å². The largest absolute Gasteiger partial charge is 0.484 e. The van der Waals surface area contributed by atoms with Gasteiger partial charge >= 0.3 is 0 Å². The number of amides is 1. The second-order valence-electron chi connectivity index (χ2n) is 5.46. The van der Waals surface area contributed by atoms with Crippen molar-refractivity contribution in [1.82, 2.24) is 19.5 Å². The van der Waals surface area contributed by atoms with Crippen LogP contribution in [0.4, 0.5) is 5.82 Å². The summed E-state index contributed by atoms with van der Waals surface area (Å²) in [5, 5.41) is 2.68. The van der Waals surface area contributed by atoms with E-state index in [4.69, 9.17) is 14.2 Å². The molecule has 26 heavy (non-hydrogen) atoms. The maximum Gasteiger partial charge on any atom is 0.263 e. The van der Waals surface area contributed by atoms with Gasteiger partial charge in [-0.3, -0.25) is 9.36 Å². The van der Waals surface area contributed by atoms with E-state index in [9.17, 15) is 4.79 Å². The highest BCUT2D eigenvalue weighted by atomic mass is 16.7. The molecule has 0 saturated carbocycles. The van der Waals surface area contributed by atoms with Crippen LogP contribution in [0.2, 0.25) is 0 Å². The van der Waals surface area contributed by atoms with E-state index in [2.05, 4.69) is 20.3 Å². The summed E-state index contributed by atoms with van der Waals surface area (Å²) in [6.45, 7) is 1.88. The van der Waals surface area contributed by atoms with Crippen LogP contribution in [-0.4, -0.2) is 38.8 Å². The Morgan fingerprint density at radius 1 is 1.23 bits per heavy atom. The van der Waals surface area contributed by atoms with Gasteiger partial charge in [-0.1, -0.05) is 0 Å². The van der Waals surface area contributed by atoms with Gasteiger partial charge in [0.15, 0.2) is 18.1 Å². The molecule has 0 atom stereocenters. The summed E-state index contributed by atoms with van der Waals surface area (Å²) < 4.78 is 17.8. The Kier molecular flexibility index (Phi) is 4.10. The molecule has 0 saturated heterocycles.